The zero-order valence-electron chi connectivity index (χ0n) is 20.0. The smallest absolute Gasteiger partial charge is 0.244 e. The minimum absolute atomic E-state index is 0.0591. The first-order valence-corrected chi connectivity index (χ1v) is 13.1. The molecule has 184 valence electrons. The standard InChI is InChI=1S/C27H27N5O3S/c1-18(2)36(33,34)32-23-15-21(13-14-22(23)29-27(32)28)26-25(20-11-7-4-8-12-20)30-24(31-26)17-35-16-19-9-5-3-6-10-19/h3-15,18H,16-17H2,1-2H3,(H2,28,29)(H,30,31). The molecular formula is C27H27N5O3S. The number of nitrogen functional groups attached to an aromatic ring is 1. The Hall–Kier alpha value is -3.95. The average molecular weight is 502 g/mol. The second-order valence-corrected chi connectivity index (χ2v) is 11.1. The number of imidazole rings is 2. The highest BCUT2D eigenvalue weighted by atomic mass is 32.2. The first-order chi connectivity index (χ1) is 17.3. The fourth-order valence-corrected chi connectivity index (χ4v) is 5.20. The molecule has 0 aliphatic heterocycles. The van der Waals surface area contributed by atoms with E-state index in [4.69, 9.17) is 15.5 Å². The van der Waals surface area contributed by atoms with Crippen LogP contribution in [0, 0.1) is 0 Å². The molecule has 0 bridgehead atoms. The van der Waals surface area contributed by atoms with E-state index in [1.807, 2.05) is 66.7 Å². The van der Waals surface area contributed by atoms with Crippen molar-refractivity contribution >= 4 is 27.0 Å². The number of hydrogen-bond acceptors (Lipinski definition) is 6. The summed E-state index contributed by atoms with van der Waals surface area (Å²) in [4.78, 5) is 12.5. The third-order valence-electron chi connectivity index (χ3n) is 5.93. The first-order valence-electron chi connectivity index (χ1n) is 11.6. The summed E-state index contributed by atoms with van der Waals surface area (Å²) in [6.07, 6.45) is 0. The van der Waals surface area contributed by atoms with Crippen molar-refractivity contribution in [3.8, 4) is 22.5 Å². The summed E-state index contributed by atoms with van der Waals surface area (Å²) in [6.45, 7) is 4.00. The van der Waals surface area contributed by atoms with Gasteiger partial charge in [-0.15, -0.1) is 0 Å². The average Bonchev–Trinajstić information content (AvgIpc) is 3.45. The van der Waals surface area contributed by atoms with E-state index in [0.29, 0.717) is 35.8 Å². The molecule has 0 atom stereocenters. The van der Waals surface area contributed by atoms with E-state index >= 15 is 0 Å². The SMILES string of the molecule is CC(C)S(=O)(=O)n1c(N)nc2ccc(-c3nc(COCc4ccccc4)[nH]c3-c3ccccc3)cc21. The van der Waals surface area contributed by atoms with Gasteiger partial charge in [-0.3, -0.25) is 0 Å². The van der Waals surface area contributed by atoms with Crippen molar-refractivity contribution in [1.29, 1.82) is 0 Å². The molecule has 0 amide bonds. The van der Waals surface area contributed by atoms with Crippen molar-refractivity contribution in [3.63, 3.8) is 0 Å². The lowest BCUT2D eigenvalue weighted by atomic mass is 10.0. The normalized spacial score (nSPS) is 12.0. The van der Waals surface area contributed by atoms with Crippen LogP contribution in [0.15, 0.2) is 78.9 Å². The largest absolute Gasteiger partial charge is 0.369 e. The molecule has 0 saturated carbocycles. The monoisotopic (exact) mass is 501 g/mol. The third-order valence-corrected chi connectivity index (χ3v) is 8.01. The van der Waals surface area contributed by atoms with Crippen LogP contribution in [0.5, 0.6) is 0 Å². The molecule has 0 spiro atoms. The number of rotatable bonds is 8. The molecular weight excluding hydrogens is 474 g/mol. The molecule has 5 aromatic rings. The van der Waals surface area contributed by atoms with Crippen LogP contribution in [0.3, 0.4) is 0 Å². The second kappa shape index (κ2) is 9.60. The minimum atomic E-state index is -3.70. The number of aromatic amines is 1. The molecule has 0 aliphatic carbocycles. The fraction of sp³-hybridized carbons (Fsp3) is 0.185. The van der Waals surface area contributed by atoms with Crippen LogP contribution < -0.4 is 5.73 Å². The van der Waals surface area contributed by atoms with Gasteiger partial charge in [-0.05, 0) is 31.5 Å². The van der Waals surface area contributed by atoms with Gasteiger partial charge in [0.2, 0.25) is 16.0 Å². The highest BCUT2D eigenvalue weighted by Crippen LogP contribution is 2.33. The zero-order chi connectivity index (χ0) is 25.3. The van der Waals surface area contributed by atoms with Crippen LogP contribution in [0.1, 0.15) is 25.2 Å². The van der Waals surface area contributed by atoms with Crippen molar-refractivity contribution in [2.45, 2.75) is 32.3 Å². The van der Waals surface area contributed by atoms with Crippen LogP contribution in [0.25, 0.3) is 33.5 Å². The van der Waals surface area contributed by atoms with Crippen molar-refractivity contribution in [3.05, 3.63) is 90.3 Å². The van der Waals surface area contributed by atoms with E-state index in [1.54, 1.807) is 26.0 Å². The van der Waals surface area contributed by atoms with Crippen LogP contribution in [-0.4, -0.2) is 32.6 Å². The molecule has 2 heterocycles. The Morgan fingerprint density at radius 3 is 2.31 bits per heavy atom. The molecule has 36 heavy (non-hydrogen) atoms. The molecule has 0 fully saturated rings. The number of nitrogens with two attached hydrogens (primary N) is 1. The molecule has 3 N–H and O–H groups in total. The van der Waals surface area contributed by atoms with Gasteiger partial charge in [-0.2, -0.15) is 0 Å². The van der Waals surface area contributed by atoms with E-state index in [2.05, 4.69) is 9.97 Å². The number of fused-ring (bicyclic) bond motifs is 1. The molecule has 0 saturated heterocycles. The summed E-state index contributed by atoms with van der Waals surface area (Å²) >= 11 is 0. The van der Waals surface area contributed by atoms with Crippen LogP contribution >= 0.6 is 0 Å². The van der Waals surface area contributed by atoms with Gasteiger partial charge in [-0.1, -0.05) is 66.7 Å². The van der Waals surface area contributed by atoms with Crippen LogP contribution in [0.2, 0.25) is 0 Å². The number of nitrogens with zero attached hydrogens (tertiary/aromatic N) is 3. The molecule has 8 nitrogen and oxygen atoms in total. The van der Waals surface area contributed by atoms with Gasteiger partial charge in [0.25, 0.3) is 0 Å². The summed E-state index contributed by atoms with van der Waals surface area (Å²) < 4.78 is 33.0. The van der Waals surface area contributed by atoms with Crippen molar-refractivity contribution in [2.24, 2.45) is 0 Å². The summed E-state index contributed by atoms with van der Waals surface area (Å²) in [5, 5.41) is -0.653. The summed E-state index contributed by atoms with van der Waals surface area (Å²) in [5.74, 6) is 0.610. The fourth-order valence-electron chi connectivity index (χ4n) is 4.05. The Kier molecular flexibility index (Phi) is 6.34. The zero-order valence-corrected chi connectivity index (χ0v) is 20.9. The topological polar surface area (TPSA) is 116 Å². The lowest BCUT2D eigenvalue weighted by Gasteiger charge is -2.11. The molecule has 9 heteroatoms. The predicted octanol–water partition coefficient (Wildman–Crippen LogP) is 4.98. The Morgan fingerprint density at radius 2 is 1.61 bits per heavy atom. The van der Waals surface area contributed by atoms with E-state index in [1.165, 1.54) is 0 Å². The molecule has 0 radical (unpaired) electrons. The Bertz CT molecular complexity index is 1610. The van der Waals surface area contributed by atoms with E-state index in [9.17, 15) is 8.42 Å². The van der Waals surface area contributed by atoms with Gasteiger partial charge in [0.15, 0.2) is 0 Å². The molecule has 5 rings (SSSR count). The Morgan fingerprint density at radius 1 is 0.917 bits per heavy atom. The Labute approximate surface area is 209 Å². The first kappa shape index (κ1) is 23.8. The van der Waals surface area contributed by atoms with Gasteiger partial charge >= 0.3 is 0 Å². The second-order valence-electron chi connectivity index (χ2n) is 8.78. The van der Waals surface area contributed by atoms with Gasteiger partial charge in [-0.25, -0.2) is 22.4 Å². The van der Waals surface area contributed by atoms with Gasteiger partial charge < -0.3 is 15.5 Å². The third kappa shape index (κ3) is 4.50. The highest BCUT2D eigenvalue weighted by Gasteiger charge is 2.25. The predicted molar refractivity (Wildman–Crippen MR) is 142 cm³/mol. The number of ether oxygens (including phenoxy) is 1. The van der Waals surface area contributed by atoms with E-state index in [0.717, 1.165) is 26.4 Å². The summed E-state index contributed by atoms with van der Waals surface area (Å²) in [5.41, 5.74) is 11.2. The summed E-state index contributed by atoms with van der Waals surface area (Å²) in [7, 11) is -3.70. The van der Waals surface area contributed by atoms with Crippen molar-refractivity contribution in [1.82, 2.24) is 18.9 Å². The van der Waals surface area contributed by atoms with Crippen LogP contribution in [-0.2, 0) is 28.0 Å². The van der Waals surface area contributed by atoms with Crippen LogP contribution in [0.4, 0.5) is 5.95 Å². The maximum absolute atomic E-state index is 13.0. The summed E-state index contributed by atoms with van der Waals surface area (Å²) in [6, 6.07) is 25.2. The number of benzene rings is 3. The van der Waals surface area contributed by atoms with Gasteiger partial charge in [0.1, 0.15) is 12.4 Å². The number of anilines is 1. The van der Waals surface area contributed by atoms with Gasteiger partial charge in [0.05, 0.1) is 34.3 Å². The minimum Gasteiger partial charge on any atom is -0.369 e. The maximum atomic E-state index is 13.0. The molecule has 2 aromatic heterocycles. The van der Waals surface area contributed by atoms with Crippen molar-refractivity contribution in [2.75, 3.05) is 5.73 Å². The van der Waals surface area contributed by atoms with Gasteiger partial charge in [0, 0.05) is 11.1 Å². The number of H-pyrrole nitrogens is 1. The maximum Gasteiger partial charge on any atom is 0.244 e. The lowest BCUT2D eigenvalue weighted by molar-refractivity contribution is 0.102. The Balaban J connectivity index is 1.56. The molecule has 3 aromatic carbocycles. The number of nitrogens with one attached hydrogen (secondary N) is 1. The molecule has 0 aliphatic rings. The van der Waals surface area contributed by atoms with E-state index in [-0.39, 0.29) is 5.95 Å². The van der Waals surface area contributed by atoms with Crippen molar-refractivity contribution < 1.29 is 13.2 Å². The highest BCUT2D eigenvalue weighted by molar-refractivity contribution is 7.90. The number of hydrogen-bond donors (Lipinski definition) is 2. The number of aromatic nitrogens is 4. The lowest BCUT2D eigenvalue weighted by Crippen LogP contribution is -2.23. The van der Waals surface area contributed by atoms with E-state index < -0.39 is 15.3 Å². The quantitative estimate of drug-likeness (QED) is 0.310. The molecule has 0 unspecified atom stereocenters.